The van der Waals surface area contributed by atoms with Crippen molar-refractivity contribution in [3.05, 3.63) is 0 Å². The zero-order chi connectivity index (χ0) is 13.1. The van der Waals surface area contributed by atoms with Gasteiger partial charge in [-0.25, -0.2) is 0 Å². The summed E-state index contributed by atoms with van der Waals surface area (Å²) < 4.78 is 0. The van der Waals surface area contributed by atoms with Gasteiger partial charge in [0.15, 0.2) is 0 Å². The predicted octanol–water partition coefficient (Wildman–Crippen LogP) is 1.06. The van der Waals surface area contributed by atoms with E-state index in [9.17, 15) is 4.79 Å². The van der Waals surface area contributed by atoms with Gasteiger partial charge >= 0.3 is 0 Å². The molecule has 0 spiro atoms. The second-order valence-corrected chi connectivity index (χ2v) is 5.23. The van der Waals surface area contributed by atoms with E-state index in [1.807, 2.05) is 19.0 Å². The van der Waals surface area contributed by atoms with Crippen LogP contribution in [-0.4, -0.2) is 54.5 Å². The first kappa shape index (κ1) is 14.5. The lowest BCUT2D eigenvalue weighted by Crippen LogP contribution is -2.54. The summed E-state index contributed by atoms with van der Waals surface area (Å²) in [5.74, 6) is 0.217. The van der Waals surface area contributed by atoms with Crippen molar-refractivity contribution in [1.29, 1.82) is 0 Å². The maximum absolute atomic E-state index is 12.1. The number of carbonyl (C=O) groups excluding carboxylic acids is 1. The minimum atomic E-state index is -0.0277. The van der Waals surface area contributed by atoms with E-state index in [0.717, 1.165) is 25.7 Å². The Morgan fingerprint density at radius 2 is 1.82 bits per heavy atom. The van der Waals surface area contributed by atoms with Crippen molar-refractivity contribution < 1.29 is 4.79 Å². The Morgan fingerprint density at radius 3 is 2.18 bits per heavy atom. The van der Waals surface area contributed by atoms with Crippen molar-refractivity contribution >= 4 is 5.91 Å². The standard InChI is InChI=1S/C13H27N3O/c1-5-13(6-2,10-14)15(3)9-12(17)16(4)11-7-8-11/h11H,5-10,14H2,1-4H3. The molecule has 0 bridgehead atoms. The van der Waals surface area contributed by atoms with Crippen LogP contribution >= 0.6 is 0 Å². The fourth-order valence-electron chi connectivity index (χ4n) is 2.38. The summed E-state index contributed by atoms with van der Waals surface area (Å²) in [5.41, 5.74) is 5.86. The smallest absolute Gasteiger partial charge is 0.236 e. The largest absolute Gasteiger partial charge is 0.342 e. The van der Waals surface area contributed by atoms with Gasteiger partial charge in [-0.15, -0.1) is 0 Å². The van der Waals surface area contributed by atoms with Crippen molar-refractivity contribution in [1.82, 2.24) is 9.80 Å². The van der Waals surface area contributed by atoms with Gasteiger partial charge in [0, 0.05) is 25.2 Å². The minimum absolute atomic E-state index is 0.0277. The number of carbonyl (C=O) groups is 1. The molecule has 1 aliphatic carbocycles. The molecule has 1 amide bonds. The van der Waals surface area contributed by atoms with E-state index in [1.54, 1.807) is 0 Å². The molecule has 1 saturated carbocycles. The highest BCUT2D eigenvalue weighted by atomic mass is 16.2. The van der Waals surface area contributed by atoms with Crippen molar-refractivity contribution in [2.24, 2.45) is 5.73 Å². The Hall–Kier alpha value is -0.610. The average Bonchev–Trinajstić information content (AvgIpc) is 3.15. The van der Waals surface area contributed by atoms with Gasteiger partial charge in [-0.1, -0.05) is 13.8 Å². The Bertz CT molecular complexity index is 251. The molecule has 0 aromatic carbocycles. The van der Waals surface area contributed by atoms with E-state index in [2.05, 4.69) is 18.7 Å². The van der Waals surface area contributed by atoms with Gasteiger partial charge < -0.3 is 10.6 Å². The molecule has 0 radical (unpaired) electrons. The van der Waals surface area contributed by atoms with Crippen molar-refractivity contribution in [2.45, 2.75) is 51.1 Å². The number of amides is 1. The SMILES string of the molecule is CCC(CC)(CN)N(C)CC(=O)N(C)C1CC1. The van der Waals surface area contributed by atoms with Crippen molar-refractivity contribution in [2.75, 3.05) is 27.2 Å². The summed E-state index contributed by atoms with van der Waals surface area (Å²) in [4.78, 5) is 16.1. The lowest BCUT2D eigenvalue weighted by atomic mass is 9.91. The predicted molar refractivity (Wildman–Crippen MR) is 70.8 cm³/mol. The van der Waals surface area contributed by atoms with Gasteiger partial charge in [0.2, 0.25) is 5.91 Å². The summed E-state index contributed by atoms with van der Waals surface area (Å²) >= 11 is 0. The van der Waals surface area contributed by atoms with E-state index in [0.29, 0.717) is 19.1 Å². The van der Waals surface area contributed by atoms with Crippen LogP contribution in [0.15, 0.2) is 0 Å². The highest BCUT2D eigenvalue weighted by Gasteiger charge is 2.34. The molecule has 2 N–H and O–H groups in total. The fraction of sp³-hybridized carbons (Fsp3) is 0.923. The molecule has 100 valence electrons. The Labute approximate surface area is 105 Å². The first-order valence-corrected chi connectivity index (χ1v) is 6.67. The molecule has 17 heavy (non-hydrogen) atoms. The van der Waals surface area contributed by atoms with Crippen LogP contribution in [0.3, 0.4) is 0 Å². The monoisotopic (exact) mass is 241 g/mol. The lowest BCUT2D eigenvalue weighted by Gasteiger charge is -2.40. The summed E-state index contributed by atoms with van der Waals surface area (Å²) in [5, 5.41) is 0. The molecule has 0 aliphatic heterocycles. The van der Waals surface area contributed by atoms with Gasteiger partial charge in [0.05, 0.1) is 6.54 Å². The number of hydrogen-bond acceptors (Lipinski definition) is 3. The van der Waals surface area contributed by atoms with Crippen LogP contribution in [0.2, 0.25) is 0 Å². The van der Waals surface area contributed by atoms with E-state index in [1.165, 1.54) is 0 Å². The lowest BCUT2D eigenvalue weighted by molar-refractivity contribution is -0.132. The second kappa shape index (κ2) is 5.83. The molecular weight excluding hydrogens is 214 g/mol. The van der Waals surface area contributed by atoms with E-state index >= 15 is 0 Å². The highest BCUT2D eigenvalue weighted by molar-refractivity contribution is 5.78. The molecule has 1 rings (SSSR count). The fourth-order valence-corrected chi connectivity index (χ4v) is 2.38. The quantitative estimate of drug-likeness (QED) is 0.725. The normalized spacial score (nSPS) is 16.4. The first-order valence-electron chi connectivity index (χ1n) is 6.67. The molecule has 1 aliphatic rings. The molecule has 0 aromatic heterocycles. The maximum Gasteiger partial charge on any atom is 0.236 e. The number of hydrogen-bond donors (Lipinski definition) is 1. The summed E-state index contributed by atoms with van der Waals surface area (Å²) in [6, 6.07) is 0.492. The molecule has 0 unspecified atom stereocenters. The summed E-state index contributed by atoms with van der Waals surface area (Å²) in [7, 11) is 3.92. The van der Waals surface area contributed by atoms with E-state index in [4.69, 9.17) is 5.73 Å². The van der Waals surface area contributed by atoms with Crippen LogP contribution in [0, 0.1) is 0 Å². The number of nitrogens with two attached hydrogens (primary N) is 1. The number of nitrogens with zero attached hydrogens (tertiary/aromatic N) is 2. The zero-order valence-electron chi connectivity index (χ0n) is 11.7. The number of likely N-dealkylation sites (N-methyl/N-ethyl adjacent to an activating group) is 2. The maximum atomic E-state index is 12.1. The van der Waals surface area contributed by atoms with E-state index < -0.39 is 0 Å². The van der Waals surface area contributed by atoms with Crippen LogP contribution in [-0.2, 0) is 4.79 Å². The van der Waals surface area contributed by atoms with Crippen LogP contribution < -0.4 is 5.73 Å². The van der Waals surface area contributed by atoms with Crippen LogP contribution in [0.1, 0.15) is 39.5 Å². The van der Waals surface area contributed by atoms with Gasteiger partial charge in [0.25, 0.3) is 0 Å². The topological polar surface area (TPSA) is 49.6 Å². The molecule has 4 nitrogen and oxygen atoms in total. The highest BCUT2D eigenvalue weighted by Crippen LogP contribution is 2.26. The molecule has 0 saturated heterocycles. The molecule has 0 atom stereocenters. The molecule has 4 heteroatoms. The van der Waals surface area contributed by atoms with Gasteiger partial charge in [-0.2, -0.15) is 0 Å². The summed E-state index contributed by atoms with van der Waals surface area (Å²) in [6.45, 7) is 5.37. The minimum Gasteiger partial charge on any atom is -0.342 e. The number of rotatable bonds is 7. The van der Waals surface area contributed by atoms with E-state index in [-0.39, 0.29) is 11.4 Å². The molecule has 1 fully saturated rings. The van der Waals surface area contributed by atoms with Gasteiger partial charge in [0.1, 0.15) is 0 Å². The molecule has 0 heterocycles. The van der Waals surface area contributed by atoms with Crippen LogP contribution in [0.4, 0.5) is 0 Å². The second-order valence-electron chi connectivity index (χ2n) is 5.23. The Balaban J connectivity index is 2.56. The Morgan fingerprint density at radius 1 is 1.29 bits per heavy atom. The van der Waals surface area contributed by atoms with Crippen molar-refractivity contribution in [3.8, 4) is 0 Å². The summed E-state index contributed by atoms with van der Waals surface area (Å²) in [6.07, 6.45) is 4.29. The molecule has 0 aromatic rings. The third kappa shape index (κ3) is 3.19. The van der Waals surface area contributed by atoms with Crippen LogP contribution in [0.5, 0.6) is 0 Å². The first-order chi connectivity index (χ1) is 8.00. The third-order valence-electron chi connectivity index (χ3n) is 4.37. The third-order valence-corrected chi connectivity index (χ3v) is 4.37. The Kier molecular flexibility index (Phi) is 4.95. The van der Waals surface area contributed by atoms with Gasteiger partial charge in [-0.3, -0.25) is 9.69 Å². The van der Waals surface area contributed by atoms with Crippen LogP contribution in [0.25, 0.3) is 0 Å². The zero-order valence-corrected chi connectivity index (χ0v) is 11.7. The van der Waals surface area contributed by atoms with Gasteiger partial charge in [-0.05, 0) is 32.7 Å². The van der Waals surface area contributed by atoms with Crippen molar-refractivity contribution in [3.63, 3.8) is 0 Å². The molecular formula is C13H27N3O. The average molecular weight is 241 g/mol.